The van der Waals surface area contributed by atoms with Crippen LogP contribution in [-0.2, 0) is 4.79 Å². The lowest BCUT2D eigenvalue weighted by atomic mass is 9.99. The van der Waals surface area contributed by atoms with Gasteiger partial charge in [0.05, 0.1) is 5.38 Å². The molecule has 0 saturated heterocycles. The third-order valence-corrected chi connectivity index (χ3v) is 2.67. The van der Waals surface area contributed by atoms with Crippen LogP contribution in [0.4, 0.5) is 0 Å². The first-order chi connectivity index (χ1) is 4.63. The number of ketones is 1. The Balaban J connectivity index is 2.81. The summed E-state index contributed by atoms with van der Waals surface area (Å²) in [5.74, 6) is -0.0343. The van der Waals surface area contributed by atoms with Gasteiger partial charge in [0.25, 0.3) is 0 Å². The highest BCUT2D eigenvalue weighted by atomic mass is 35.5. The van der Waals surface area contributed by atoms with Crippen molar-refractivity contribution in [1.29, 1.82) is 0 Å². The first-order valence-corrected chi connectivity index (χ1v) is 3.99. The van der Waals surface area contributed by atoms with Crippen LogP contribution in [0.5, 0.6) is 0 Å². The Morgan fingerprint density at radius 2 is 2.20 bits per heavy atom. The maximum absolute atomic E-state index is 11.1. The standard InChI is InChI=1S/C7H8Cl2O/c1-4-2-3-5(8)6(9)7(4)10/h2,5-6H,3H2,1H3. The van der Waals surface area contributed by atoms with E-state index in [0.717, 1.165) is 5.57 Å². The van der Waals surface area contributed by atoms with Crippen molar-refractivity contribution >= 4 is 29.0 Å². The van der Waals surface area contributed by atoms with Gasteiger partial charge >= 0.3 is 0 Å². The summed E-state index contributed by atoms with van der Waals surface area (Å²) in [5, 5.41) is -0.746. The summed E-state index contributed by atoms with van der Waals surface area (Å²) in [7, 11) is 0. The summed E-state index contributed by atoms with van der Waals surface area (Å²) in [5.41, 5.74) is 0.733. The fraction of sp³-hybridized carbons (Fsp3) is 0.571. The van der Waals surface area contributed by atoms with Crippen molar-refractivity contribution in [2.24, 2.45) is 0 Å². The molecule has 0 bridgehead atoms. The van der Waals surface area contributed by atoms with Crippen molar-refractivity contribution < 1.29 is 4.79 Å². The molecule has 0 spiro atoms. The normalized spacial score (nSPS) is 33.9. The maximum Gasteiger partial charge on any atom is 0.177 e. The van der Waals surface area contributed by atoms with Crippen molar-refractivity contribution in [3.63, 3.8) is 0 Å². The lowest BCUT2D eigenvalue weighted by Gasteiger charge is -2.18. The minimum Gasteiger partial charge on any atom is -0.293 e. The van der Waals surface area contributed by atoms with Crippen LogP contribution in [0.3, 0.4) is 0 Å². The van der Waals surface area contributed by atoms with Crippen LogP contribution in [0.1, 0.15) is 13.3 Å². The quantitative estimate of drug-likeness (QED) is 0.520. The zero-order chi connectivity index (χ0) is 7.72. The number of alkyl halides is 2. The molecule has 1 aliphatic rings. The van der Waals surface area contributed by atoms with E-state index >= 15 is 0 Å². The molecule has 0 saturated carbocycles. The van der Waals surface area contributed by atoms with Gasteiger partial charge in [-0.1, -0.05) is 6.08 Å². The second-order valence-corrected chi connectivity index (χ2v) is 3.44. The van der Waals surface area contributed by atoms with Crippen LogP contribution in [0, 0.1) is 0 Å². The maximum atomic E-state index is 11.1. The molecule has 0 radical (unpaired) electrons. The molecule has 0 heterocycles. The average Bonchev–Trinajstić information content (AvgIpc) is 1.93. The number of carbonyl (C=O) groups excluding carboxylic acids is 1. The van der Waals surface area contributed by atoms with E-state index in [1.807, 2.05) is 6.08 Å². The van der Waals surface area contributed by atoms with E-state index in [-0.39, 0.29) is 11.2 Å². The first-order valence-electron chi connectivity index (χ1n) is 3.12. The minimum atomic E-state index is -0.522. The Labute approximate surface area is 70.0 Å². The zero-order valence-corrected chi connectivity index (χ0v) is 7.12. The topological polar surface area (TPSA) is 17.1 Å². The van der Waals surface area contributed by atoms with Gasteiger partial charge in [0.1, 0.15) is 5.38 Å². The molecule has 0 aromatic heterocycles. The molecule has 0 aromatic carbocycles. The third kappa shape index (κ3) is 1.35. The molecule has 3 heteroatoms. The minimum absolute atomic E-state index is 0.0343. The Kier molecular flexibility index (Phi) is 2.37. The van der Waals surface area contributed by atoms with Gasteiger partial charge in [0.2, 0.25) is 0 Å². The predicted octanol–water partition coefficient (Wildman–Crippen LogP) is 2.12. The van der Waals surface area contributed by atoms with E-state index in [1.165, 1.54) is 0 Å². The SMILES string of the molecule is CC1=CCC(Cl)C(Cl)C1=O. The molecular formula is C7H8Cl2O. The van der Waals surface area contributed by atoms with Gasteiger partial charge in [-0.25, -0.2) is 0 Å². The molecule has 0 aromatic rings. The predicted molar refractivity (Wildman–Crippen MR) is 42.7 cm³/mol. The number of hydrogen-bond donors (Lipinski definition) is 0. The van der Waals surface area contributed by atoms with Gasteiger partial charge < -0.3 is 0 Å². The van der Waals surface area contributed by atoms with Crippen LogP contribution in [0.2, 0.25) is 0 Å². The van der Waals surface area contributed by atoms with Crippen molar-refractivity contribution in [3.8, 4) is 0 Å². The third-order valence-electron chi connectivity index (χ3n) is 1.61. The molecule has 0 aliphatic heterocycles. The summed E-state index contributed by atoms with van der Waals surface area (Å²) in [6.07, 6.45) is 2.53. The Morgan fingerprint density at radius 3 is 2.70 bits per heavy atom. The van der Waals surface area contributed by atoms with Gasteiger partial charge in [-0.05, 0) is 18.9 Å². The molecule has 0 fully saturated rings. The fourth-order valence-corrected chi connectivity index (χ4v) is 1.37. The average molecular weight is 179 g/mol. The second-order valence-electron chi connectivity index (χ2n) is 2.40. The summed E-state index contributed by atoms with van der Waals surface area (Å²) in [6.45, 7) is 1.76. The largest absolute Gasteiger partial charge is 0.293 e. The highest BCUT2D eigenvalue weighted by molar-refractivity contribution is 6.40. The molecule has 10 heavy (non-hydrogen) atoms. The lowest BCUT2D eigenvalue weighted by Crippen LogP contribution is -2.29. The van der Waals surface area contributed by atoms with E-state index < -0.39 is 5.38 Å². The van der Waals surface area contributed by atoms with Crippen LogP contribution in [0.25, 0.3) is 0 Å². The molecule has 1 nitrogen and oxygen atoms in total. The lowest BCUT2D eigenvalue weighted by molar-refractivity contribution is -0.115. The molecule has 1 rings (SSSR count). The van der Waals surface area contributed by atoms with Crippen molar-refractivity contribution in [1.82, 2.24) is 0 Å². The summed E-state index contributed by atoms with van der Waals surface area (Å²) in [4.78, 5) is 11.1. The van der Waals surface area contributed by atoms with Gasteiger partial charge in [-0.15, -0.1) is 23.2 Å². The number of halogens is 2. The first kappa shape index (κ1) is 8.09. The van der Waals surface area contributed by atoms with Crippen LogP contribution in [0.15, 0.2) is 11.6 Å². The van der Waals surface area contributed by atoms with E-state index in [2.05, 4.69) is 0 Å². The van der Waals surface area contributed by atoms with Crippen molar-refractivity contribution in [2.75, 3.05) is 0 Å². The van der Waals surface area contributed by atoms with Gasteiger partial charge in [-0.2, -0.15) is 0 Å². The number of carbonyl (C=O) groups is 1. The highest BCUT2D eigenvalue weighted by Gasteiger charge is 2.28. The number of allylic oxidation sites excluding steroid dienone is 2. The van der Waals surface area contributed by atoms with Crippen LogP contribution in [-0.4, -0.2) is 16.5 Å². The molecule has 0 N–H and O–H groups in total. The van der Waals surface area contributed by atoms with E-state index in [9.17, 15) is 4.79 Å². The molecule has 1 aliphatic carbocycles. The molecule has 2 atom stereocenters. The van der Waals surface area contributed by atoms with Crippen LogP contribution >= 0.6 is 23.2 Å². The van der Waals surface area contributed by atoms with Crippen molar-refractivity contribution in [3.05, 3.63) is 11.6 Å². The van der Waals surface area contributed by atoms with E-state index in [0.29, 0.717) is 6.42 Å². The second kappa shape index (κ2) is 2.93. The molecule has 2 unspecified atom stereocenters. The summed E-state index contributed by atoms with van der Waals surface area (Å²) in [6, 6.07) is 0. The van der Waals surface area contributed by atoms with Gasteiger partial charge in [0.15, 0.2) is 5.78 Å². The zero-order valence-electron chi connectivity index (χ0n) is 5.60. The molecular weight excluding hydrogens is 171 g/mol. The smallest absolute Gasteiger partial charge is 0.177 e. The van der Waals surface area contributed by atoms with Gasteiger partial charge in [-0.3, -0.25) is 4.79 Å². The summed E-state index contributed by atoms with van der Waals surface area (Å²) >= 11 is 11.4. The van der Waals surface area contributed by atoms with Crippen LogP contribution < -0.4 is 0 Å². The number of hydrogen-bond acceptors (Lipinski definition) is 1. The summed E-state index contributed by atoms with van der Waals surface area (Å²) < 4.78 is 0. The Morgan fingerprint density at radius 1 is 1.60 bits per heavy atom. The van der Waals surface area contributed by atoms with E-state index in [1.54, 1.807) is 6.92 Å². The Bertz CT molecular complexity index is 186. The molecule has 0 amide bonds. The number of Topliss-reactive ketones (excluding diaryl/α,β-unsaturated/α-hetero) is 1. The Hall–Kier alpha value is -0.0100. The fourth-order valence-electron chi connectivity index (χ4n) is 0.891. The van der Waals surface area contributed by atoms with Crippen molar-refractivity contribution in [2.45, 2.75) is 24.1 Å². The van der Waals surface area contributed by atoms with Gasteiger partial charge in [0, 0.05) is 0 Å². The molecule has 56 valence electrons. The monoisotopic (exact) mass is 178 g/mol. The number of rotatable bonds is 0. The highest BCUT2D eigenvalue weighted by Crippen LogP contribution is 2.23. The van der Waals surface area contributed by atoms with E-state index in [4.69, 9.17) is 23.2 Å².